The highest BCUT2D eigenvalue weighted by atomic mass is 19.4. The fourth-order valence-electron chi connectivity index (χ4n) is 4.36. The van der Waals surface area contributed by atoms with Crippen molar-refractivity contribution in [1.82, 2.24) is 4.59 Å². The number of carbonyl (C=O) groups excluding carboxylic acids is 1. The third-order valence-corrected chi connectivity index (χ3v) is 6.36. The van der Waals surface area contributed by atoms with Crippen LogP contribution in [0.1, 0.15) is 21.5 Å². The van der Waals surface area contributed by atoms with Crippen LogP contribution in [0.2, 0.25) is 0 Å². The van der Waals surface area contributed by atoms with Gasteiger partial charge in [-0.2, -0.15) is 18.2 Å². The molecule has 1 amide bonds. The van der Waals surface area contributed by atoms with Crippen LogP contribution in [0.3, 0.4) is 0 Å². The number of halogens is 3. The Morgan fingerprint density at radius 2 is 1.70 bits per heavy atom. The van der Waals surface area contributed by atoms with Gasteiger partial charge in [-0.25, -0.2) is 0 Å². The first kappa shape index (κ1) is 26.6. The Kier molecular flexibility index (Phi) is 6.86. The predicted octanol–water partition coefficient (Wildman–Crippen LogP) is 5.94. The number of quaternary nitrogens is 1. The predicted molar refractivity (Wildman–Crippen MR) is 148 cm³/mol. The lowest BCUT2D eigenvalue weighted by Gasteiger charge is -2.26. The van der Waals surface area contributed by atoms with E-state index in [1.807, 2.05) is 6.07 Å². The van der Waals surface area contributed by atoms with Gasteiger partial charge in [-0.1, -0.05) is 16.7 Å². The first-order valence-corrected chi connectivity index (χ1v) is 12.0. The second-order valence-corrected chi connectivity index (χ2v) is 8.86. The number of hydrogen-bond acceptors (Lipinski definition) is 7. The molecule has 2 heterocycles. The van der Waals surface area contributed by atoms with Gasteiger partial charge in [0.25, 0.3) is 17.7 Å². The molecular weight excluding hydrogens is 525 g/mol. The van der Waals surface area contributed by atoms with Crippen molar-refractivity contribution in [2.24, 2.45) is 15.1 Å². The monoisotopic (exact) mass is 549 g/mol. The summed E-state index contributed by atoms with van der Waals surface area (Å²) in [7, 11) is 3.10. The number of guanidine groups is 1. The van der Waals surface area contributed by atoms with E-state index in [4.69, 9.17) is 14.6 Å². The quantitative estimate of drug-likeness (QED) is 0.372. The maximum Gasteiger partial charge on any atom is 0.416 e. The van der Waals surface area contributed by atoms with Gasteiger partial charge in [0.2, 0.25) is 0 Å². The van der Waals surface area contributed by atoms with E-state index in [-0.39, 0.29) is 10.2 Å². The van der Waals surface area contributed by atoms with Crippen molar-refractivity contribution in [2.75, 3.05) is 24.9 Å². The number of ether oxygens (including phenoxy) is 2. The average Bonchev–Trinajstić information content (AvgIpc) is 3.32. The molecule has 0 aromatic heterocycles. The van der Waals surface area contributed by atoms with Gasteiger partial charge in [-0.3, -0.25) is 9.79 Å². The van der Waals surface area contributed by atoms with Crippen molar-refractivity contribution in [2.45, 2.75) is 13.1 Å². The number of nitrogens with one attached hydrogen (secondary N) is 2. The Hall–Kier alpha value is -4.97. The van der Waals surface area contributed by atoms with E-state index in [0.29, 0.717) is 45.9 Å². The molecule has 40 heavy (non-hydrogen) atoms. The molecule has 3 aromatic rings. The Labute approximate surface area is 227 Å². The van der Waals surface area contributed by atoms with E-state index in [2.05, 4.69) is 20.6 Å². The third-order valence-electron chi connectivity index (χ3n) is 6.36. The fourth-order valence-corrected chi connectivity index (χ4v) is 4.36. The lowest BCUT2D eigenvalue weighted by Crippen LogP contribution is -2.44. The van der Waals surface area contributed by atoms with E-state index in [0.717, 1.165) is 12.1 Å². The fraction of sp³-hybridized carbons (Fsp3) is 0.143. The van der Waals surface area contributed by atoms with E-state index < -0.39 is 17.6 Å². The Balaban J connectivity index is 1.48. The third kappa shape index (κ3) is 5.04. The molecular formula is C28H24F3N6O3+. The van der Waals surface area contributed by atoms with Crippen LogP contribution in [0.15, 0.2) is 88.1 Å². The van der Waals surface area contributed by atoms with Gasteiger partial charge in [0.15, 0.2) is 11.9 Å². The zero-order valence-corrected chi connectivity index (χ0v) is 21.7. The first-order chi connectivity index (χ1) is 19.1. The molecule has 12 heteroatoms. The largest absolute Gasteiger partial charge is 0.497 e. The van der Waals surface area contributed by atoms with Crippen LogP contribution >= 0.6 is 0 Å². The number of carbonyl (C=O) groups is 1. The normalized spacial score (nSPS) is 17.6. The SMILES string of the molecule is COc1cc(NC2=N[N+]3(c4cccc(NC(=O)c5cccc(C(F)(F)F)c5)c4C)C=CN=CC3=N2)cc(OC)c1. The first-order valence-electron chi connectivity index (χ1n) is 12.0. The molecule has 0 saturated carbocycles. The van der Waals surface area contributed by atoms with Gasteiger partial charge in [0, 0.05) is 46.8 Å². The summed E-state index contributed by atoms with van der Waals surface area (Å²) < 4.78 is 50.0. The number of amidine groups is 1. The van der Waals surface area contributed by atoms with Crippen LogP contribution in [0, 0.1) is 6.92 Å². The molecule has 0 radical (unpaired) electrons. The molecule has 1 atom stereocenters. The van der Waals surface area contributed by atoms with Gasteiger partial charge in [0.1, 0.15) is 17.7 Å². The highest BCUT2D eigenvalue weighted by Gasteiger charge is 2.44. The average molecular weight is 550 g/mol. The Morgan fingerprint density at radius 1 is 0.975 bits per heavy atom. The zero-order chi connectivity index (χ0) is 28.5. The molecule has 2 N–H and O–H groups in total. The minimum absolute atomic E-state index is 0.113. The number of anilines is 2. The highest BCUT2D eigenvalue weighted by molar-refractivity contribution is 6.38. The van der Waals surface area contributed by atoms with Crippen molar-refractivity contribution in [3.63, 3.8) is 0 Å². The summed E-state index contributed by atoms with van der Waals surface area (Å²) in [5.74, 6) is 1.27. The minimum atomic E-state index is -4.56. The smallest absolute Gasteiger partial charge is 0.416 e. The van der Waals surface area contributed by atoms with Gasteiger partial charge in [-0.05, 0) is 36.3 Å². The molecule has 1 unspecified atom stereocenters. The van der Waals surface area contributed by atoms with Crippen LogP contribution in [0.4, 0.5) is 30.2 Å². The molecule has 0 saturated heterocycles. The van der Waals surface area contributed by atoms with E-state index in [9.17, 15) is 18.0 Å². The van der Waals surface area contributed by atoms with Crippen molar-refractivity contribution >= 4 is 41.0 Å². The number of aliphatic imine (C=N–C) groups is 2. The summed E-state index contributed by atoms with van der Waals surface area (Å²) >= 11 is 0. The molecule has 5 rings (SSSR count). The molecule has 0 bridgehead atoms. The van der Waals surface area contributed by atoms with Crippen LogP contribution < -0.4 is 24.7 Å². The number of nitrogens with zero attached hydrogens (tertiary/aromatic N) is 4. The molecule has 0 fully saturated rings. The Morgan fingerprint density at radius 3 is 2.40 bits per heavy atom. The molecule has 2 aliphatic rings. The van der Waals surface area contributed by atoms with E-state index >= 15 is 0 Å². The van der Waals surface area contributed by atoms with Crippen molar-refractivity contribution in [3.05, 3.63) is 89.8 Å². The van der Waals surface area contributed by atoms with Crippen LogP contribution in [0.5, 0.6) is 11.5 Å². The number of benzene rings is 3. The zero-order valence-electron chi connectivity index (χ0n) is 21.7. The maximum absolute atomic E-state index is 13.2. The number of rotatable bonds is 6. The van der Waals surface area contributed by atoms with Crippen molar-refractivity contribution < 1.29 is 27.4 Å². The minimum Gasteiger partial charge on any atom is -0.497 e. The molecule has 2 aliphatic heterocycles. The summed E-state index contributed by atoms with van der Waals surface area (Å²) in [6.07, 6.45) is 0.348. The van der Waals surface area contributed by atoms with Crippen LogP contribution in [0.25, 0.3) is 0 Å². The summed E-state index contributed by atoms with van der Waals surface area (Å²) in [5, 5.41) is 10.7. The number of methoxy groups -OCH3 is 2. The van der Waals surface area contributed by atoms with Crippen molar-refractivity contribution in [1.29, 1.82) is 0 Å². The van der Waals surface area contributed by atoms with Gasteiger partial charge >= 0.3 is 6.18 Å². The molecule has 204 valence electrons. The molecule has 9 nitrogen and oxygen atoms in total. The van der Waals surface area contributed by atoms with Gasteiger partial charge < -0.3 is 20.1 Å². The molecule has 0 aliphatic carbocycles. The lowest BCUT2D eigenvalue weighted by atomic mass is 10.1. The number of alkyl halides is 3. The Bertz CT molecular complexity index is 1590. The standard InChI is InChI=1S/C28H23F3N6O3/c1-17-23(34-26(38)18-6-4-7-19(12-18)28(29,30)31)8-5-9-24(17)37-11-10-32-16-25(37)35-27(36-37)33-20-13-21(39-2)15-22(14-20)40-3/h4-16H,1-3H3,(H-,33,34,36,38)/p+1. The van der Waals surface area contributed by atoms with Gasteiger partial charge in [-0.15, -0.1) is 0 Å². The number of fused-ring (bicyclic) bond motifs is 1. The molecule has 0 spiro atoms. The van der Waals surface area contributed by atoms with Gasteiger partial charge in [0.05, 0.1) is 26.0 Å². The van der Waals surface area contributed by atoms with Crippen LogP contribution in [-0.4, -0.2) is 38.1 Å². The van der Waals surface area contributed by atoms with E-state index in [1.165, 1.54) is 12.1 Å². The number of amides is 1. The maximum atomic E-state index is 13.2. The summed E-state index contributed by atoms with van der Waals surface area (Å²) in [5.41, 5.74) is 1.33. The lowest BCUT2D eigenvalue weighted by molar-refractivity contribution is -0.137. The highest BCUT2D eigenvalue weighted by Crippen LogP contribution is 2.37. The topological polar surface area (TPSA) is 96.7 Å². The summed E-state index contributed by atoms with van der Waals surface area (Å²) in [6, 6.07) is 14.8. The van der Waals surface area contributed by atoms with E-state index in [1.54, 1.807) is 70.1 Å². The van der Waals surface area contributed by atoms with Crippen LogP contribution in [-0.2, 0) is 6.18 Å². The second-order valence-electron chi connectivity index (χ2n) is 8.86. The summed E-state index contributed by atoms with van der Waals surface area (Å²) in [6.45, 7) is 1.79. The van der Waals surface area contributed by atoms with Crippen molar-refractivity contribution in [3.8, 4) is 11.5 Å². The summed E-state index contributed by atoms with van der Waals surface area (Å²) in [4.78, 5) is 21.7. The number of hydrogen-bond donors (Lipinski definition) is 2. The molecule has 3 aromatic carbocycles. The second kappa shape index (κ2) is 10.3.